The number of hydrogen-bond acceptors (Lipinski definition) is 7. The average Bonchev–Trinajstić information content (AvgIpc) is 3.39. The van der Waals surface area contributed by atoms with Crippen molar-refractivity contribution in [1.29, 1.82) is 0 Å². The van der Waals surface area contributed by atoms with Gasteiger partial charge in [-0.15, -0.1) is 0 Å². The molecule has 0 spiro atoms. The van der Waals surface area contributed by atoms with E-state index in [1.54, 1.807) is 24.5 Å². The van der Waals surface area contributed by atoms with Crippen LogP contribution in [-0.4, -0.2) is 84.1 Å². The SMILES string of the molecule is CC1(CNC(=S)NCCN2CCOCC2)COC(c2nc(-c3ccc(F)cc3)c(-c3ccncc3)[nH]2)OC1. The van der Waals surface area contributed by atoms with Crippen LogP contribution in [0.5, 0.6) is 0 Å². The van der Waals surface area contributed by atoms with Crippen LogP contribution in [0.2, 0.25) is 0 Å². The van der Waals surface area contributed by atoms with Gasteiger partial charge < -0.3 is 29.8 Å². The Kier molecular flexibility index (Phi) is 8.60. The first-order chi connectivity index (χ1) is 18.5. The highest BCUT2D eigenvalue weighted by Crippen LogP contribution is 2.35. The number of aromatic amines is 1. The molecule has 202 valence electrons. The van der Waals surface area contributed by atoms with Crippen molar-refractivity contribution in [3.05, 3.63) is 60.4 Å². The van der Waals surface area contributed by atoms with Crippen LogP contribution in [0.1, 0.15) is 19.0 Å². The summed E-state index contributed by atoms with van der Waals surface area (Å²) >= 11 is 5.47. The summed E-state index contributed by atoms with van der Waals surface area (Å²) < 4.78 is 31.2. The zero-order chi connectivity index (χ0) is 26.4. The lowest BCUT2D eigenvalue weighted by atomic mass is 9.92. The first-order valence-corrected chi connectivity index (χ1v) is 13.2. The zero-order valence-corrected chi connectivity index (χ0v) is 22.2. The second-order valence-corrected chi connectivity index (χ2v) is 10.3. The largest absolute Gasteiger partial charge is 0.379 e. The number of aromatic nitrogens is 3. The Morgan fingerprint density at radius 2 is 1.79 bits per heavy atom. The third-order valence-corrected chi connectivity index (χ3v) is 6.98. The van der Waals surface area contributed by atoms with E-state index in [0.29, 0.717) is 36.4 Å². The minimum Gasteiger partial charge on any atom is -0.379 e. The number of H-pyrrole nitrogens is 1. The highest BCUT2D eigenvalue weighted by atomic mass is 32.1. The van der Waals surface area contributed by atoms with Gasteiger partial charge in [0.25, 0.3) is 0 Å². The molecule has 2 aliphatic heterocycles. The predicted octanol–water partition coefficient (Wildman–Crippen LogP) is 3.13. The first kappa shape index (κ1) is 26.6. The van der Waals surface area contributed by atoms with Crippen LogP contribution in [0.15, 0.2) is 48.8 Å². The van der Waals surface area contributed by atoms with Crippen LogP contribution in [0.4, 0.5) is 4.39 Å². The van der Waals surface area contributed by atoms with Gasteiger partial charge in [0.05, 0.1) is 37.8 Å². The highest BCUT2D eigenvalue weighted by molar-refractivity contribution is 7.80. The van der Waals surface area contributed by atoms with E-state index in [-0.39, 0.29) is 11.2 Å². The maximum Gasteiger partial charge on any atom is 0.217 e. The minimum atomic E-state index is -0.642. The molecule has 0 radical (unpaired) electrons. The molecule has 0 aliphatic carbocycles. The molecule has 9 nitrogen and oxygen atoms in total. The Balaban J connectivity index is 1.17. The van der Waals surface area contributed by atoms with Crippen molar-refractivity contribution in [2.75, 3.05) is 59.2 Å². The molecule has 0 bridgehead atoms. The van der Waals surface area contributed by atoms with Gasteiger partial charge in [-0.3, -0.25) is 9.88 Å². The Morgan fingerprint density at radius 1 is 1.08 bits per heavy atom. The fourth-order valence-corrected chi connectivity index (χ4v) is 4.63. The Hall–Kier alpha value is -2.96. The summed E-state index contributed by atoms with van der Waals surface area (Å²) in [5.74, 6) is 0.264. The van der Waals surface area contributed by atoms with Gasteiger partial charge in [0, 0.05) is 61.7 Å². The molecule has 2 aromatic heterocycles. The fraction of sp³-hybridized carbons (Fsp3) is 0.444. The molecular weight excluding hydrogens is 507 g/mol. The summed E-state index contributed by atoms with van der Waals surface area (Å²) in [7, 11) is 0. The van der Waals surface area contributed by atoms with Crippen LogP contribution in [0, 0.1) is 11.2 Å². The summed E-state index contributed by atoms with van der Waals surface area (Å²) in [5, 5.41) is 7.21. The molecule has 4 heterocycles. The molecule has 0 amide bonds. The van der Waals surface area contributed by atoms with Crippen molar-refractivity contribution >= 4 is 17.3 Å². The van der Waals surface area contributed by atoms with E-state index in [1.165, 1.54) is 12.1 Å². The zero-order valence-electron chi connectivity index (χ0n) is 21.4. The van der Waals surface area contributed by atoms with Crippen LogP contribution in [-0.2, 0) is 14.2 Å². The van der Waals surface area contributed by atoms with Crippen LogP contribution in [0.3, 0.4) is 0 Å². The van der Waals surface area contributed by atoms with Gasteiger partial charge in [-0.25, -0.2) is 9.37 Å². The minimum absolute atomic E-state index is 0.257. The van der Waals surface area contributed by atoms with E-state index < -0.39 is 6.29 Å². The van der Waals surface area contributed by atoms with Crippen molar-refractivity contribution in [1.82, 2.24) is 30.5 Å². The van der Waals surface area contributed by atoms with Crippen molar-refractivity contribution in [3.8, 4) is 22.5 Å². The lowest BCUT2D eigenvalue weighted by Crippen LogP contribution is -2.49. The number of halogens is 1. The molecule has 1 aromatic carbocycles. The summed E-state index contributed by atoms with van der Waals surface area (Å²) in [5.41, 5.74) is 2.94. The number of rotatable bonds is 8. The quantitative estimate of drug-likeness (QED) is 0.373. The number of benzene rings is 1. The lowest BCUT2D eigenvalue weighted by Gasteiger charge is -2.37. The third kappa shape index (κ3) is 6.72. The maximum atomic E-state index is 13.5. The molecule has 5 rings (SSSR count). The molecule has 11 heteroatoms. The Labute approximate surface area is 227 Å². The molecule has 0 unspecified atom stereocenters. The lowest BCUT2D eigenvalue weighted by molar-refractivity contribution is -0.231. The summed E-state index contributed by atoms with van der Waals surface area (Å²) in [6.07, 6.45) is 2.80. The summed E-state index contributed by atoms with van der Waals surface area (Å²) in [6, 6.07) is 10.1. The Morgan fingerprint density at radius 3 is 2.50 bits per heavy atom. The number of pyridine rings is 1. The third-order valence-electron chi connectivity index (χ3n) is 6.69. The second kappa shape index (κ2) is 12.3. The van der Waals surface area contributed by atoms with Gasteiger partial charge in [0.2, 0.25) is 6.29 Å². The van der Waals surface area contributed by atoms with Gasteiger partial charge in [-0.1, -0.05) is 6.92 Å². The summed E-state index contributed by atoms with van der Waals surface area (Å²) in [6.45, 7) is 8.87. The predicted molar refractivity (Wildman–Crippen MR) is 146 cm³/mol. The van der Waals surface area contributed by atoms with Gasteiger partial charge in [0.15, 0.2) is 10.9 Å². The number of ether oxygens (including phenoxy) is 3. The molecule has 2 saturated heterocycles. The first-order valence-electron chi connectivity index (χ1n) is 12.8. The highest BCUT2D eigenvalue weighted by Gasteiger charge is 2.35. The van der Waals surface area contributed by atoms with E-state index in [9.17, 15) is 4.39 Å². The smallest absolute Gasteiger partial charge is 0.217 e. The molecule has 38 heavy (non-hydrogen) atoms. The summed E-state index contributed by atoms with van der Waals surface area (Å²) in [4.78, 5) is 14.6. The topological polar surface area (TPSA) is 96.6 Å². The molecular formula is C27H33FN6O3S. The molecule has 0 atom stereocenters. The number of thiocarbonyl (C=S) groups is 1. The van der Waals surface area contributed by atoms with Gasteiger partial charge in [0.1, 0.15) is 5.82 Å². The molecule has 3 N–H and O–H groups in total. The van der Waals surface area contributed by atoms with Gasteiger partial charge in [-0.2, -0.15) is 0 Å². The number of nitrogens with one attached hydrogen (secondary N) is 3. The van der Waals surface area contributed by atoms with Gasteiger partial charge in [-0.05, 0) is 48.6 Å². The number of nitrogens with zero attached hydrogens (tertiary/aromatic N) is 3. The van der Waals surface area contributed by atoms with Crippen molar-refractivity contribution in [3.63, 3.8) is 0 Å². The molecule has 2 aliphatic rings. The average molecular weight is 541 g/mol. The van der Waals surface area contributed by atoms with E-state index >= 15 is 0 Å². The number of morpholine rings is 1. The van der Waals surface area contributed by atoms with Crippen molar-refractivity contribution < 1.29 is 18.6 Å². The second-order valence-electron chi connectivity index (χ2n) is 9.92. The van der Waals surface area contributed by atoms with E-state index in [2.05, 4.69) is 32.4 Å². The van der Waals surface area contributed by atoms with E-state index in [1.807, 2.05) is 12.1 Å². The van der Waals surface area contributed by atoms with Crippen LogP contribution >= 0.6 is 12.2 Å². The Bertz CT molecular complexity index is 1200. The number of hydrogen-bond donors (Lipinski definition) is 3. The standard InChI is InChI=1S/C27H33FN6O3S/c1-27(16-31-26(38)30-10-11-34-12-14-35-15-13-34)17-36-25(37-18-27)24-32-22(19-2-4-21(28)5-3-19)23(33-24)20-6-8-29-9-7-20/h2-9,25H,10-18H2,1H3,(H,32,33)(H2,30,31,38). The van der Waals surface area contributed by atoms with Crippen LogP contribution < -0.4 is 10.6 Å². The molecule has 2 fully saturated rings. The van der Waals surface area contributed by atoms with Crippen molar-refractivity contribution in [2.45, 2.75) is 13.2 Å². The van der Waals surface area contributed by atoms with E-state index in [4.69, 9.17) is 31.4 Å². The molecule has 3 aromatic rings. The van der Waals surface area contributed by atoms with Gasteiger partial charge >= 0.3 is 0 Å². The van der Waals surface area contributed by atoms with Crippen LogP contribution in [0.25, 0.3) is 22.5 Å². The fourth-order valence-electron chi connectivity index (χ4n) is 4.46. The monoisotopic (exact) mass is 540 g/mol. The van der Waals surface area contributed by atoms with E-state index in [0.717, 1.165) is 56.2 Å². The van der Waals surface area contributed by atoms with Crippen molar-refractivity contribution in [2.24, 2.45) is 5.41 Å². The number of imidazole rings is 1. The maximum absolute atomic E-state index is 13.5. The molecule has 0 saturated carbocycles. The normalized spacial score (nSPS) is 22.2.